The highest BCUT2D eigenvalue weighted by Gasteiger charge is 2.13. The number of rotatable bonds is 9. The molecule has 3 rings (SSSR count). The van der Waals surface area contributed by atoms with E-state index in [1.54, 1.807) is 30.3 Å². The van der Waals surface area contributed by atoms with E-state index in [2.05, 4.69) is 33.1 Å². The molecule has 0 atom stereocenters. The number of hydrazone groups is 1. The molecule has 0 saturated heterocycles. The molecule has 170 valence electrons. The van der Waals surface area contributed by atoms with Gasteiger partial charge in [0, 0.05) is 12.1 Å². The number of hydrogen-bond acceptors (Lipinski definition) is 7. The quantitative estimate of drug-likeness (QED) is 0.170. The van der Waals surface area contributed by atoms with E-state index < -0.39 is 10.8 Å². The molecule has 2 N–H and O–H groups in total. The number of aromatic hydroxyl groups is 1. The zero-order valence-corrected chi connectivity index (χ0v) is 19.7. The minimum absolute atomic E-state index is 0.0153. The molecule has 0 heterocycles. The largest absolute Gasteiger partial charge is 0.507 e. The van der Waals surface area contributed by atoms with E-state index in [1.165, 1.54) is 30.5 Å². The Kier molecular flexibility index (Phi) is 8.19. The third-order valence-corrected chi connectivity index (χ3v) is 5.19. The van der Waals surface area contributed by atoms with Crippen LogP contribution in [0.3, 0.4) is 0 Å². The first kappa shape index (κ1) is 24.0. The number of carbonyl (C=O) groups is 1. The average Bonchev–Trinajstić information content (AvgIpc) is 2.79. The van der Waals surface area contributed by atoms with Crippen molar-refractivity contribution in [2.75, 3.05) is 6.61 Å². The molecule has 0 aliphatic carbocycles. The van der Waals surface area contributed by atoms with Crippen LogP contribution in [0.5, 0.6) is 17.2 Å². The van der Waals surface area contributed by atoms with Gasteiger partial charge >= 0.3 is 0 Å². The summed E-state index contributed by atoms with van der Waals surface area (Å²) in [4.78, 5) is 22.5. The molecule has 1 amide bonds. The Hall–Kier alpha value is -3.67. The van der Waals surface area contributed by atoms with E-state index in [0.29, 0.717) is 23.7 Å². The molecule has 0 bridgehead atoms. The molecule has 0 unspecified atom stereocenters. The standard InChI is InChI=1S/C23H20IN3O6/c1-2-32-21-12-16(13-25-26-23(29)18-5-3-4-6-20(18)28)11-19(24)22(21)33-14-15-7-9-17(10-8-15)27(30)31/h3-13,28H,2,14H2,1H3,(H,26,29)/b25-13-. The van der Waals surface area contributed by atoms with Gasteiger partial charge in [-0.25, -0.2) is 5.43 Å². The molecule has 0 radical (unpaired) electrons. The van der Waals surface area contributed by atoms with Crippen molar-refractivity contribution >= 4 is 40.4 Å². The molecule has 0 fully saturated rings. The number of phenols is 1. The number of nitrogens with one attached hydrogen (secondary N) is 1. The van der Waals surface area contributed by atoms with Crippen molar-refractivity contribution in [1.29, 1.82) is 0 Å². The highest BCUT2D eigenvalue weighted by atomic mass is 127. The van der Waals surface area contributed by atoms with Gasteiger partial charge in [0.2, 0.25) is 0 Å². The molecule has 3 aromatic carbocycles. The van der Waals surface area contributed by atoms with Crippen LogP contribution in [-0.2, 0) is 6.61 Å². The van der Waals surface area contributed by atoms with E-state index >= 15 is 0 Å². The van der Waals surface area contributed by atoms with Gasteiger partial charge in [0.25, 0.3) is 11.6 Å². The predicted octanol–water partition coefficient (Wildman–Crippen LogP) is 4.65. The monoisotopic (exact) mass is 561 g/mol. The van der Waals surface area contributed by atoms with Crippen LogP contribution in [-0.4, -0.2) is 28.8 Å². The number of amides is 1. The first-order valence-electron chi connectivity index (χ1n) is 9.83. The van der Waals surface area contributed by atoms with Gasteiger partial charge in [-0.15, -0.1) is 0 Å². The molecular weight excluding hydrogens is 541 g/mol. The summed E-state index contributed by atoms with van der Waals surface area (Å²) in [5.74, 6) is 0.367. The highest BCUT2D eigenvalue weighted by Crippen LogP contribution is 2.34. The number of hydrogen-bond donors (Lipinski definition) is 2. The molecule has 0 aromatic heterocycles. The van der Waals surface area contributed by atoms with Crippen molar-refractivity contribution in [3.63, 3.8) is 0 Å². The number of benzene rings is 3. The molecular formula is C23H20IN3O6. The van der Waals surface area contributed by atoms with Crippen molar-refractivity contribution in [1.82, 2.24) is 5.43 Å². The van der Waals surface area contributed by atoms with Crippen molar-refractivity contribution in [2.24, 2.45) is 5.10 Å². The fraction of sp³-hybridized carbons (Fsp3) is 0.130. The van der Waals surface area contributed by atoms with E-state index in [1.807, 2.05) is 13.0 Å². The van der Waals surface area contributed by atoms with Gasteiger partial charge in [0.1, 0.15) is 12.4 Å². The summed E-state index contributed by atoms with van der Waals surface area (Å²) in [6.07, 6.45) is 1.46. The topological polar surface area (TPSA) is 123 Å². The summed E-state index contributed by atoms with van der Waals surface area (Å²) < 4.78 is 12.4. The fourth-order valence-corrected chi connectivity index (χ4v) is 3.61. The van der Waals surface area contributed by atoms with Crippen LogP contribution in [0.1, 0.15) is 28.4 Å². The average molecular weight is 561 g/mol. The van der Waals surface area contributed by atoms with Gasteiger partial charge in [0.15, 0.2) is 11.5 Å². The Morgan fingerprint density at radius 1 is 1.18 bits per heavy atom. The van der Waals surface area contributed by atoms with Crippen LogP contribution in [0.2, 0.25) is 0 Å². The van der Waals surface area contributed by atoms with Crippen LogP contribution in [0.15, 0.2) is 65.8 Å². The Morgan fingerprint density at radius 2 is 1.91 bits per heavy atom. The minimum Gasteiger partial charge on any atom is -0.507 e. The molecule has 0 aliphatic heterocycles. The molecule has 9 nitrogen and oxygen atoms in total. The van der Waals surface area contributed by atoms with Crippen LogP contribution in [0, 0.1) is 13.7 Å². The second-order valence-corrected chi connectivity index (χ2v) is 7.85. The van der Waals surface area contributed by atoms with Crippen LogP contribution in [0.25, 0.3) is 0 Å². The fourth-order valence-electron chi connectivity index (χ4n) is 2.83. The third-order valence-electron chi connectivity index (χ3n) is 4.39. The first-order chi connectivity index (χ1) is 15.9. The zero-order chi connectivity index (χ0) is 23.8. The van der Waals surface area contributed by atoms with Crippen LogP contribution in [0.4, 0.5) is 5.69 Å². The minimum atomic E-state index is -0.535. The predicted molar refractivity (Wildman–Crippen MR) is 131 cm³/mol. The maximum Gasteiger partial charge on any atom is 0.275 e. The van der Waals surface area contributed by atoms with Crippen molar-refractivity contribution in [3.05, 3.63) is 91.0 Å². The molecule has 3 aromatic rings. The van der Waals surface area contributed by atoms with Gasteiger partial charge in [-0.3, -0.25) is 14.9 Å². The Bertz CT molecular complexity index is 1180. The summed E-state index contributed by atoms with van der Waals surface area (Å²) in [5, 5.41) is 24.5. The molecule has 0 spiro atoms. The van der Waals surface area contributed by atoms with Gasteiger partial charge in [-0.2, -0.15) is 5.10 Å². The number of halogens is 1. The maximum atomic E-state index is 12.2. The van der Waals surface area contributed by atoms with Crippen LogP contribution < -0.4 is 14.9 Å². The molecule has 10 heteroatoms. The van der Waals surface area contributed by atoms with Crippen LogP contribution >= 0.6 is 22.6 Å². The summed E-state index contributed by atoms with van der Waals surface area (Å²) in [7, 11) is 0. The number of nitro groups is 1. The highest BCUT2D eigenvalue weighted by molar-refractivity contribution is 14.1. The second kappa shape index (κ2) is 11.3. The normalized spacial score (nSPS) is 10.7. The number of phenolic OH excluding ortho intramolecular Hbond substituents is 1. The smallest absolute Gasteiger partial charge is 0.275 e. The number of non-ortho nitro benzene ring substituents is 1. The number of nitro benzene ring substituents is 1. The summed E-state index contributed by atoms with van der Waals surface area (Å²) in [5.41, 5.74) is 3.96. The van der Waals surface area contributed by atoms with Crippen molar-refractivity contribution < 1.29 is 24.3 Å². The Balaban J connectivity index is 1.72. The second-order valence-electron chi connectivity index (χ2n) is 6.69. The lowest BCUT2D eigenvalue weighted by Gasteiger charge is -2.14. The van der Waals surface area contributed by atoms with Gasteiger partial charge in [-0.1, -0.05) is 12.1 Å². The van der Waals surface area contributed by atoms with Crippen molar-refractivity contribution in [3.8, 4) is 17.2 Å². The number of para-hydroxylation sites is 1. The van der Waals surface area contributed by atoms with E-state index in [-0.39, 0.29) is 23.6 Å². The van der Waals surface area contributed by atoms with Gasteiger partial charge in [0.05, 0.1) is 26.9 Å². The summed E-state index contributed by atoms with van der Waals surface area (Å²) in [6.45, 7) is 2.47. The summed E-state index contributed by atoms with van der Waals surface area (Å²) in [6, 6.07) is 15.8. The SMILES string of the molecule is CCOc1cc(/C=N\NC(=O)c2ccccc2O)cc(I)c1OCc1ccc([N+](=O)[O-])cc1. The van der Waals surface area contributed by atoms with E-state index in [9.17, 15) is 20.0 Å². The van der Waals surface area contributed by atoms with Crippen molar-refractivity contribution in [2.45, 2.75) is 13.5 Å². The molecule has 33 heavy (non-hydrogen) atoms. The molecule has 0 saturated carbocycles. The third kappa shape index (κ3) is 6.42. The lowest BCUT2D eigenvalue weighted by Crippen LogP contribution is -2.17. The first-order valence-corrected chi connectivity index (χ1v) is 10.9. The molecule has 0 aliphatic rings. The lowest BCUT2D eigenvalue weighted by molar-refractivity contribution is -0.384. The van der Waals surface area contributed by atoms with Gasteiger partial charge in [-0.05, 0) is 77.0 Å². The zero-order valence-electron chi connectivity index (χ0n) is 17.5. The Labute approximate surface area is 203 Å². The number of carbonyl (C=O) groups excluding carboxylic acids is 1. The lowest BCUT2D eigenvalue weighted by atomic mass is 10.2. The van der Waals surface area contributed by atoms with Gasteiger partial charge < -0.3 is 14.6 Å². The summed E-state index contributed by atoms with van der Waals surface area (Å²) >= 11 is 2.11. The number of ether oxygens (including phenoxy) is 2. The Morgan fingerprint density at radius 3 is 2.58 bits per heavy atom. The van der Waals surface area contributed by atoms with E-state index in [4.69, 9.17) is 9.47 Å². The maximum absolute atomic E-state index is 12.2. The van der Waals surface area contributed by atoms with E-state index in [0.717, 1.165) is 9.13 Å². The number of nitrogens with zero attached hydrogens (tertiary/aromatic N) is 2.